The van der Waals surface area contributed by atoms with Crippen LogP contribution in [0.15, 0.2) is 24.5 Å². The number of fused-ring (bicyclic) bond motifs is 3. The summed E-state index contributed by atoms with van der Waals surface area (Å²) in [5.74, 6) is 0.0621. The Morgan fingerprint density at radius 2 is 2.17 bits per heavy atom. The molecule has 5 heterocycles. The molecule has 0 aliphatic carbocycles. The number of halogens is 1. The van der Waals surface area contributed by atoms with E-state index in [1.165, 1.54) is 29.7 Å². The van der Waals surface area contributed by atoms with Gasteiger partial charge in [-0.05, 0) is 44.8 Å². The summed E-state index contributed by atoms with van der Waals surface area (Å²) in [5, 5.41) is 3.57. The van der Waals surface area contributed by atoms with E-state index in [0.717, 1.165) is 25.9 Å². The quantitative estimate of drug-likeness (QED) is 0.928. The van der Waals surface area contributed by atoms with Gasteiger partial charge in [-0.25, -0.2) is 9.37 Å². The molecule has 0 spiro atoms. The van der Waals surface area contributed by atoms with Crippen molar-refractivity contribution in [3.05, 3.63) is 35.4 Å². The summed E-state index contributed by atoms with van der Waals surface area (Å²) in [6, 6.07) is 3.20. The second-order valence-corrected chi connectivity index (χ2v) is 7.53. The number of piperidine rings is 3. The number of carbonyl (C=O) groups is 1. The van der Waals surface area contributed by atoms with E-state index in [9.17, 15) is 9.18 Å². The number of hydrogen-bond donors (Lipinski definition) is 1. The van der Waals surface area contributed by atoms with Crippen LogP contribution in [0.1, 0.15) is 29.6 Å². The van der Waals surface area contributed by atoms with Crippen molar-refractivity contribution in [2.24, 2.45) is 5.92 Å². The Morgan fingerprint density at radius 3 is 2.88 bits per heavy atom. The van der Waals surface area contributed by atoms with Gasteiger partial charge in [-0.1, -0.05) is 0 Å². The van der Waals surface area contributed by atoms with E-state index < -0.39 is 0 Å². The highest BCUT2D eigenvalue weighted by atomic mass is 32.1. The lowest BCUT2D eigenvalue weighted by Crippen LogP contribution is -2.62. The van der Waals surface area contributed by atoms with E-state index in [4.69, 9.17) is 0 Å². The normalized spacial score (nSPS) is 28.8. The average Bonchev–Trinajstić information content (AvgIpc) is 3.09. The van der Waals surface area contributed by atoms with Gasteiger partial charge in [0.05, 0.1) is 10.6 Å². The Hall–Kier alpha value is -1.86. The first-order valence-electron chi connectivity index (χ1n) is 8.24. The average molecular weight is 346 g/mol. The Morgan fingerprint density at radius 1 is 1.38 bits per heavy atom. The minimum Gasteiger partial charge on any atom is -0.345 e. The van der Waals surface area contributed by atoms with Crippen LogP contribution in [0.2, 0.25) is 0 Å². The van der Waals surface area contributed by atoms with Crippen molar-refractivity contribution < 1.29 is 9.18 Å². The Bertz CT molecular complexity index is 755. The molecule has 7 heteroatoms. The van der Waals surface area contributed by atoms with Gasteiger partial charge in [-0.2, -0.15) is 0 Å². The van der Waals surface area contributed by atoms with E-state index in [1.54, 1.807) is 6.20 Å². The summed E-state index contributed by atoms with van der Waals surface area (Å²) in [7, 11) is 0. The van der Waals surface area contributed by atoms with Crippen molar-refractivity contribution in [2.45, 2.75) is 31.8 Å². The number of aromatic nitrogens is 2. The first-order valence-corrected chi connectivity index (χ1v) is 9.06. The van der Waals surface area contributed by atoms with Crippen molar-refractivity contribution in [2.75, 3.05) is 13.1 Å². The summed E-state index contributed by atoms with van der Waals surface area (Å²) in [4.78, 5) is 24.0. The summed E-state index contributed by atoms with van der Waals surface area (Å²) < 4.78 is 13.3. The number of pyridine rings is 1. The molecule has 5 rings (SSSR count). The van der Waals surface area contributed by atoms with Gasteiger partial charge in [0.15, 0.2) is 5.01 Å². The van der Waals surface area contributed by atoms with Gasteiger partial charge in [0.1, 0.15) is 5.82 Å². The highest BCUT2D eigenvalue weighted by molar-refractivity contribution is 7.16. The number of amides is 1. The molecule has 126 valence electrons. The Labute approximate surface area is 143 Å². The zero-order chi connectivity index (χ0) is 16.7. The SMILES string of the molecule is C[C@H]1[C@H](NC(=O)c2ncc(-c3cc(F)ccn3)s2)C2CCN1CC2. The molecule has 1 N–H and O–H groups in total. The van der Waals surface area contributed by atoms with Crippen molar-refractivity contribution in [3.63, 3.8) is 0 Å². The smallest absolute Gasteiger partial charge is 0.280 e. The standard InChI is InChI=1S/C17H19FN4OS/c1-10-15(11-3-6-22(10)7-4-11)21-16(23)17-20-9-14(24-17)13-8-12(18)2-5-19-13/h2,5,8-11,15H,3-4,6-7H2,1H3,(H,21,23)/t10-,15-/m0/s1. The third-order valence-corrected chi connectivity index (χ3v) is 6.17. The first kappa shape index (κ1) is 15.7. The van der Waals surface area contributed by atoms with Crippen LogP contribution in [-0.4, -0.2) is 45.9 Å². The molecule has 24 heavy (non-hydrogen) atoms. The van der Waals surface area contributed by atoms with E-state index in [0.29, 0.717) is 27.5 Å². The fourth-order valence-electron chi connectivity index (χ4n) is 3.80. The molecule has 5 nitrogen and oxygen atoms in total. The van der Waals surface area contributed by atoms with Crippen LogP contribution in [0.25, 0.3) is 10.6 Å². The van der Waals surface area contributed by atoms with Crippen LogP contribution < -0.4 is 5.32 Å². The third kappa shape index (κ3) is 2.82. The fourth-order valence-corrected chi connectivity index (χ4v) is 4.58. The number of nitrogens with one attached hydrogen (secondary N) is 1. The lowest BCUT2D eigenvalue weighted by atomic mass is 9.79. The van der Waals surface area contributed by atoms with Gasteiger partial charge in [-0.3, -0.25) is 14.7 Å². The van der Waals surface area contributed by atoms with Gasteiger partial charge in [0.25, 0.3) is 5.91 Å². The highest BCUT2D eigenvalue weighted by Gasteiger charge is 2.40. The summed E-state index contributed by atoms with van der Waals surface area (Å²) in [5.41, 5.74) is 0.503. The maximum Gasteiger partial charge on any atom is 0.280 e. The molecular weight excluding hydrogens is 327 g/mol. The van der Waals surface area contributed by atoms with Gasteiger partial charge in [0.2, 0.25) is 0 Å². The minimum absolute atomic E-state index is 0.145. The molecule has 0 saturated carbocycles. The first-order chi connectivity index (χ1) is 11.6. The van der Waals surface area contributed by atoms with Gasteiger partial charge in [0, 0.05) is 30.5 Å². The lowest BCUT2D eigenvalue weighted by molar-refractivity contribution is 0.0217. The zero-order valence-corrected chi connectivity index (χ0v) is 14.2. The molecule has 2 atom stereocenters. The van der Waals surface area contributed by atoms with E-state index in [1.807, 2.05) is 0 Å². The topological polar surface area (TPSA) is 58.1 Å². The highest BCUT2D eigenvalue weighted by Crippen LogP contribution is 2.32. The molecule has 3 saturated heterocycles. The number of carbonyl (C=O) groups excluding carboxylic acids is 1. The number of rotatable bonds is 3. The van der Waals surface area contributed by atoms with Crippen molar-refractivity contribution in [1.82, 2.24) is 20.2 Å². The van der Waals surface area contributed by atoms with Gasteiger partial charge in [-0.15, -0.1) is 11.3 Å². The number of nitrogens with zero attached hydrogens (tertiary/aromatic N) is 3. The minimum atomic E-state index is -0.347. The molecule has 3 aliphatic rings. The maximum absolute atomic E-state index is 13.3. The largest absolute Gasteiger partial charge is 0.345 e. The van der Waals surface area contributed by atoms with Crippen LogP contribution >= 0.6 is 11.3 Å². The maximum atomic E-state index is 13.3. The zero-order valence-electron chi connectivity index (χ0n) is 13.4. The second kappa shape index (κ2) is 6.22. The van der Waals surface area contributed by atoms with E-state index in [-0.39, 0.29) is 17.8 Å². The van der Waals surface area contributed by atoms with Crippen LogP contribution in [0.4, 0.5) is 4.39 Å². The molecule has 2 bridgehead atoms. The summed E-state index contributed by atoms with van der Waals surface area (Å²) in [6.07, 6.45) is 5.29. The summed E-state index contributed by atoms with van der Waals surface area (Å²) >= 11 is 1.25. The lowest BCUT2D eigenvalue weighted by Gasteiger charge is -2.49. The van der Waals surface area contributed by atoms with E-state index >= 15 is 0 Å². The van der Waals surface area contributed by atoms with Crippen molar-refractivity contribution in [1.29, 1.82) is 0 Å². The Balaban J connectivity index is 1.49. The molecular formula is C17H19FN4OS. The van der Waals surface area contributed by atoms with Crippen LogP contribution in [0.3, 0.4) is 0 Å². The summed E-state index contributed by atoms with van der Waals surface area (Å²) in [6.45, 7) is 4.44. The molecule has 3 fully saturated rings. The second-order valence-electron chi connectivity index (χ2n) is 6.50. The predicted molar refractivity (Wildman–Crippen MR) is 90.3 cm³/mol. The van der Waals surface area contributed by atoms with E-state index in [2.05, 4.69) is 27.1 Å². The molecule has 2 aromatic rings. The number of hydrogen-bond acceptors (Lipinski definition) is 5. The van der Waals surface area contributed by atoms with Crippen molar-refractivity contribution >= 4 is 17.2 Å². The molecule has 0 radical (unpaired) electrons. The molecule has 2 aromatic heterocycles. The predicted octanol–water partition coefficient (Wildman–Crippen LogP) is 2.56. The van der Waals surface area contributed by atoms with Crippen LogP contribution in [0, 0.1) is 11.7 Å². The van der Waals surface area contributed by atoms with Gasteiger partial charge >= 0.3 is 0 Å². The molecule has 0 unspecified atom stereocenters. The molecule has 1 amide bonds. The third-order valence-electron chi connectivity index (χ3n) is 5.15. The number of thiazole rings is 1. The molecule has 0 aromatic carbocycles. The van der Waals surface area contributed by atoms with Crippen molar-refractivity contribution in [3.8, 4) is 10.6 Å². The van der Waals surface area contributed by atoms with Gasteiger partial charge < -0.3 is 5.32 Å². The fraction of sp³-hybridized carbons (Fsp3) is 0.471. The van der Waals surface area contributed by atoms with Crippen LogP contribution in [0.5, 0.6) is 0 Å². The monoisotopic (exact) mass is 346 g/mol. The van der Waals surface area contributed by atoms with Crippen LogP contribution in [-0.2, 0) is 0 Å². The Kier molecular flexibility index (Phi) is 4.05. The molecule has 3 aliphatic heterocycles.